The number of hydrogen-bond acceptors (Lipinski definition) is 4. The monoisotopic (exact) mass is 389 g/mol. The molecule has 0 aliphatic rings. The average Bonchev–Trinajstić information content (AvgIpc) is 2.82. The van der Waals surface area contributed by atoms with E-state index in [0.717, 1.165) is 6.92 Å². The molecule has 2 rings (SSSR count). The van der Waals surface area contributed by atoms with Crippen molar-refractivity contribution in [1.29, 1.82) is 0 Å². The first-order chi connectivity index (χ1) is 11.4. The first kappa shape index (κ1) is 19.0. The Bertz CT molecular complexity index is 815. The van der Waals surface area contributed by atoms with Crippen LogP contribution in [0.5, 0.6) is 0 Å². The Morgan fingerprint density at radius 2 is 1.80 bits per heavy atom. The van der Waals surface area contributed by atoms with E-state index in [1.807, 2.05) is 0 Å². The molecule has 0 aliphatic carbocycles. The molecule has 0 amide bonds. The van der Waals surface area contributed by atoms with Crippen LogP contribution in [0.2, 0.25) is 0 Å². The topological polar surface area (TPSA) is 73.8 Å². The number of rotatable bonds is 3. The van der Waals surface area contributed by atoms with E-state index in [2.05, 4.69) is 10.1 Å². The van der Waals surface area contributed by atoms with Crippen LogP contribution >= 0.6 is 0 Å². The van der Waals surface area contributed by atoms with Gasteiger partial charge in [0.25, 0.3) is 5.82 Å². The van der Waals surface area contributed by atoms with Gasteiger partial charge in [-0.05, 0) is 24.6 Å². The van der Waals surface area contributed by atoms with Gasteiger partial charge in [0.15, 0.2) is 0 Å². The number of nitrogen functional groups attached to an aromatic ring is 1. The van der Waals surface area contributed by atoms with Crippen molar-refractivity contribution in [2.75, 3.05) is 5.73 Å². The van der Waals surface area contributed by atoms with Crippen molar-refractivity contribution in [2.24, 2.45) is 0 Å². The van der Waals surface area contributed by atoms with Crippen LogP contribution in [0.25, 0.3) is 5.69 Å². The maximum atomic E-state index is 14.1. The van der Waals surface area contributed by atoms with Crippen LogP contribution in [0.15, 0.2) is 12.1 Å². The Balaban J connectivity index is 2.66. The fourth-order valence-electron chi connectivity index (χ4n) is 2.03. The van der Waals surface area contributed by atoms with E-state index < -0.39 is 58.1 Å². The number of aromatic nitrogens is 3. The van der Waals surface area contributed by atoms with Gasteiger partial charge in [-0.3, -0.25) is 0 Å². The highest BCUT2D eigenvalue weighted by atomic mass is 32.1. The average molecular weight is 389 g/mol. The quantitative estimate of drug-likeness (QED) is 0.646. The fraction of sp³-hybridized carbons (Fsp3) is 0.333. The predicted molar refractivity (Wildman–Crippen MR) is 72.3 cm³/mol. The highest BCUT2D eigenvalue weighted by Crippen LogP contribution is 2.38. The van der Waals surface area contributed by atoms with Gasteiger partial charge in [-0.1, -0.05) is 0 Å². The molecule has 0 bridgehead atoms. The van der Waals surface area contributed by atoms with Gasteiger partial charge in [-0.15, -0.1) is 5.10 Å². The lowest BCUT2D eigenvalue weighted by Gasteiger charge is -2.12. The zero-order valence-electron chi connectivity index (χ0n) is 12.1. The molecule has 136 valence electrons. The summed E-state index contributed by atoms with van der Waals surface area (Å²) in [4.78, 5) is 2.91. The second-order valence-corrected chi connectivity index (χ2v) is 5.55. The van der Waals surface area contributed by atoms with Crippen molar-refractivity contribution in [2.45, 2.75) is 24.5 Å². The van der Waals surface area contributed by atoms with Crippen LogP contribution in [0.3, 0.4) is 0 Å². The van der Waals surface area contributed by atoms with E-state index in [9.17, 15) is 34.9 Å². The van der Waals surface area contributed by atoms with E-state index in [4.69, 9.17) is 5.73 Å². The molecule has 2 N–H and O–H groups in total. The molecule has 1 atom stereocenters. The fourth-order valence-corrected chi connectivity index (χ4v) is 2.49. The molecule has 0 saturated carbocycles. The third kappa shape index (κ3) is 3.70. The van der Waals surface area contributed by atoms with Crippen LogP contribution in [0.4, 0.5) is 36.7 Å². The van der Waals surface area contributed by atoms with Crippen LogP contribution in [-0.4, -0.2) is 20.9 Å². The number of aryl methyl sites for hydroxylation is 1. The molecule has 2 aromatic rings. The molecule has 13 heteroatoms. The largest absolute Gasteiger partial charge is 0.477 e. The Kier molecular flexibility index (Phi) is 4.72. The summed E-state index contributed by atoms with van der Waals surface area (Å²) in [6, 6.07) is 1.23. The van der Waals surface area contributed by atoms with E-state index in [0.29, 0.717) is 12.1 Å². The van der Waals surface area contributed by atoms with Crippen molar-refractivity contribution in [3.63, 3.8) is 0 Å². The van der Waals surface area contributed by atoms with Gasteiger partial charge in [0.2, 0.25) is 5.95 Å². The lowest BCUT2D eigenvalue weighted by atomic mass is 10.0. The summed E-state index contributed by atoms with van der Waals surface area (Å²) >= 11 is -0.786. The molecule has 25 heavy (non-hydrogen) atoms. The van der Waals surface area contributed by atoms with E-state index in [1.54, 1.807) is 0 Å². The molecule has 0 radical (unpaired) electrons. The molecule has 1 aromatic carbocycles. The van der Waals surface area contributed by atoms with E-state index in [-0.39, 0.29) is 10.2 Å². The van der Waals surface area contributed by atoms with Crippen LogP contribution in [0.1, 0.15) is 22.2 Å². The van der Waals surface area contributed by atoms with Crippen molar-refractivity contribution < 1.29 is 34.9 Å². The van der Waals surface area contributed by atoms with E-state index in [1.165, 1.54) is 0 Å². The summed E-state index contributed by atoms with van der Waals surface area (Å²) in [6.07, 6.45) is -9.93. The summed E-state index contributed by atoms with van der Waals surface area (Å²) in [5.74, 6) is -3.74. The molecule has 1 unspecified atom stereocenters. The molecule has 1 aromatic heterocycles. The van der Waals surface area contributed by atoms with Crippen molar-refractivity contribution >= 4 is 17.6 Å². The molecule has 0 spiro atoms. The number of nitrogens with zero attached hydrogens (tertiary/aromatic N) is 3. The first-order valence-electron chi connectivity index (χ1n) is 6.31. The minimum atomic E-state index is -4.98. The van der Waals surface area contributed by atoms with Crippen LogP contribution in [0, 0.1) is 12.7 Å². The number of anilines is 1. The Hall–Kier alpha value is -2.31. The van der Waals surface area contributed by atoms with Crippen molar-refractivity contribution in [1.82, 2.24) is 14.8 Å². The number of alkyl halides is 6. The van der Waals surface area contributed by atoms with Gasteiger partial charge in [-0.25, -0.2) is 4.39 Å². The summed E-state index contributed by atoms with van der Waals surface area (Å²) in [7, 11) is 0. The molecular weight excluding hydrogens is 381 g/mol. The SMILES string of the molecule is Cc1cc(F)c(-n2nc(C(F)(F)F)nc2N)cc1C([S+]=O)C(F)(F)F. The summed E-state index contributed by atoms with van der Waals surface area (Å²) < 4.78 is 102. The van der Waals surface area contributed by atoms with Crippen LogP contribution in [-0.2, 0) is 22.1 Å². The zero-order chi connectivity index (χ0) is 19.2. The second-order valence-electron chi connectivity index (χ2n) is 4.88. The van der Waals surface area contributed by atoms with Gasteiger partial charge in [0, 0.05) is 9.77 Å². The smallest absolute Gasteiger partial charge is 0.368 e. The molecular formula is C12H8F7N4OS+. The zero-order valence-corrected chi connectivity index (χ0v) is 12.9. The minimum Gasteiger partial charge on any atom is -0.368 e. The highest BCUT2D eigenvalue weighted by Gasteiger charge is 2.53. The third-order valence-corrected chi connectivity index (χ3v) is 3.84. The Morgan fingerprint density at radius 3 is 2.24 bits per heavy atom. The van der Waals surface area contributed by atoms with Crippen molar-refractivity contribution in [3.8, 4) is 5.69 Å². The Labute approximate surface area is 139 Å². The van der Waals surface area contributed by atoms with E-state index >= 15 is 0 Å². The molecule has 0 saturated heterocycles. The van der Waals surface area contributed by atoms with Crippen molar-refractivity contribution in [3.05, 3.63) is 34.9 Å². The first-order valence-corrected chi connectivity index (χ1v) is 7.12. The lowest BCUT2D eigenvalue weighted by molar-refractivity contribution is -0.144. The predicted octanol–water partition coefficient (Wildman–Crippen LogP) is 3.35. The maximum Gasteiger partial charge on any atom is 0.477 e. The summed E-state index contributed by atoms with van der Waals surface area (Å²) in [5, 5.41) is 0.437. The van der Waals surface area contributed by atoms with Gasteiger partial charge in [0.05, 0.1) is 0 Å². The number of benzene rings is 1. The standard InChI is InChI=1S/C12H8F7N4OS/c1-4-2-6(13)7(3-5(4)8(25-24)11(14,15)16)23-10(20)21-9(22-23)12(17,18)19/h2-3,8H,1H3,(H2,20,21,22)/q+1. The van der Waals surface area contributed by atoms with Gasteiger partial charge < -0.3 is 5.73 Å². The van der Waals surface area contributed by atoms with Gasteiger partial charge >= 0.3 is 29.3 Å². The number of hydrogen-bond donors (Lipinski definition) is 1. The highest BCUT2D eigenvalue weighted by molar-refractivity contribution is 7.66. The second kappa shape index (κ2) is 6.20. The minimum absolute atomic E-state index is 0.207. The number of halogens is 7. The summed E-state index contributed by atoms with van der Waals surface area (Å²) in [5.41, 5.74) is 3.64. The summed E-state index contributed by atoms with van der Waals surface area (Å²) in [6.45, 7) is 1.13. The molecule has 0 aliphatic heterocycles. The van der Waals surface area contributed by atoms with Gasteiger partial charge in [0.1, 0.15) is 11.5 Å². The van der Waals surface area contributed by atoms with Crippen LogP contribution < -0.4 is 5.73 Å². The van der Waals surface area contributed by atoms with Gasteiger partial charge in [-0.2, -0.15) is 36.0 Å². The Morgan fingerprint density at radius 1 is 1.20 bits per heavy atom. The third-order valence-electron chi connectivity index (χ3n) is 3.13. The maximum absolute atomic E-state index is 14.1. The molecule has 5 nitrogen and oxygen atoms in total. The molecule has 1 heterocycles. The lowest BCUT2D eigenvalue weighted by Crippen LogP contribution is -2.21. The molecule has 0 fully saturated rings. The normalized spacial score (nSPS) is 13.8. The number of nitrogens with two attached hydrogens (primary N) is 1.